The first-order valence-electron chi connectivity index (χ1n) is 6.54. The Morgan fingerprint density at radius 2 is 2.15 bits per heavy atom. The number of fused-ring (bicyclic) bond motifs is 1. The van der Waals surface area contributed by atoms with Crippen LogP contribution in [0.25, 0.3) is 21.7 Å². The highest BCUT2D eigenvalue weighted by molar-refractivity contribution is 7.18. The minimum absolute atomic E-state index is 0.541. The number of hydrogen-bond acceptors (Lipinski definition) is 4. The number of benzene rings is 1. The Kier molecular flexibility index (Phi) is 2.56. The van der Waals surface area contributed by atoms with Crippen LogP contribution in [0.4, 0.5) is 5.13 Å². The van der Waals surface area contributed by atoms with Crippen molar-refractivity contribution in [3.8, 4) is 10.7 Å². The molecule has 0 unspecified atom stereocenters. The quantitative estimate of drug-likeness (QED) is 0.777. The summed E-state index contributed by atoms with van der Waals surface area (Å²) in [6.07, 6.45) is 2.41. The molecule has 0 bridgehead atoms. The first-order chi connectivity index (χ1) is 9.63. The third-order valence-corrected chi connectivity index (χ3v) is 4.80. The van der Waals surface area contributed by atoms with Crippen molar-refractivity contribution in [3.05, 3.63) is 28.9 Å². The molecule has 4 rings (SSSR count). The van der Waals surface area contributed by atoms with Gasteiger partial charge in [-0.25, -0.2) is 9.97 Å². The van der Waals surface area contributed by atoms with Gasteiger partial charge in [-0.1, -0.05) is 22.9 Å². The second-order valence-corrected chi connectivity index (χ2v) is 6.60. The molecule has 0 spiro atoms. The van der Waals surface area contributed by atoms with Gasteiger partial charge in [0.15, 0.2) is 11.0 Å². The smallest absolute Gasteiger partial charge is 0.180 e. The van der Waals surface area contributed by atoms with E-state index in [2.05, 4.69) is 9.55 Å². The number of thiazole rings is 1. The second-order valence-electron chi connectivity index (χ2n) is 5.14. The van der Waals surface area contributed by atoms with Crippen molar-refractivity contribution in [2.45, 2.75) is 25.8 Å². The Bertz CT molecular complexity index is 816. The van der Waals surface area contributed by atoms with Crippen LogP contribution in [-0.4, -0.2) is 14.5 Å². The number of aromatic nitrogens is 3. The molecule has 1 fully saturated rings. The lowest BCUT2D eigenvalue weighted by Crippen LogP contribution is -1.97. The molecule has 0 amide bonds. The number of hydrogen-bond donors (Lipinski definition) is 1. The molecule has 2 N–H and O–H groups in total. The van der Waals surface area contributed by atoms with Gasteiger partial charge in [-0.05, 0) is 38.0 Å². The van der Waals surface area contributed by atoms with Gasteiger partial charge in [0.25, 0.3) is 0 Å². The summed E-state index contributed by atoms with van der Waals surface area (Å²) in [4.78, 5) is 10.1. The van der Waals surface area contributed by atoms with Gasteiger partial charge in [0.2, 0.25) is 0 Å². The first kappa shape index (κ1) is 12.2. The van der Waals surface area contributed by atoms with Crippen LogP contribution in [0.1, 0.15) is 24.6 Å². The molecule has 4 nitrogen and oxygen atoms in total. The van der Waals surface area contributed by atoms with Crippen LogP contribution in [0.3, 0.4) is 0 Å². The summed E-state index contributed by atoms with van der Waals surface area (Å²) in [6.45, 7) is 1.98. The Morgan fingerprint density at radius 3 is 2.80 bits per heavy atom. The molecule has 102 valence electrons. The first-order valence-corrected chi connectivity index (χ1v) is 7.73. The van der Waals surface area contributed by atoms with Crippen molar-refractivity contribution in [1.29, 1.82) is 0 Å². The molecular weight excluding hydrogens is 292 g/mol. The van der Waals surface area contributed by atoms with E-state index in [-0.39, 0.29) is 0 Å². The average Bonchev–Trinajstić information content (AvgIpc) is 3.08. The molecule has 1 aliphatic carbocycles. The topological polar surface area (TPSA) is 56.7 Å². The van der Waals surface area contributed by atoms with Gasteiger partial charge in [-0.3, -0.25) is 0 Å². The molecule has 1 saturated carbocycles. The highest BCUT2D eigenvalue weighted by Crippen LogP contribution is 2.43. The van der Waals surface area contributed by atoms with Crippen molar-refractivity contribution in [2.24, 2.45) is 0 Å². The van der Waals surface area contributed by atoms with E-state index in [0.29, 0.717) is 16.2 Å². The normalized spacial score (nSPS) is 15.1. The number of nitrogens with two attached hydrogens (primary N) is 1. The SMILES string of the molecule is Cc1nc(N)sc1-c1nc2cc(Cl)ccc2n1C1CC1. The third-order valence-electron chi connectivity index (χ3n) is 3.58. The largest absolute Gasteiger partial charge is 0.375 e. The van der Waals surface area contributed by atoms with Gasteiger partial charge in [-0.2, -0.15) is 0 Å². The van der Waals surface area contributed by atoms with Crippen LogP contribution in [-0.2, 0) is 0 Å². The summed E-state index contributed by atoms with van der Waals surface area (Å²) in [6, 6.07) is 6.42. The molecule has 0 radical (unpaired) electrons. The highest BCUT2D eigenvalue weighted by atomic mass is 35.5. The Hall–Kier alpha value is -1.59. The Balaban J connectivity index is 2.03. The van der Waals surface area contributed by atoms with E-state index in [0.717, 1.165) is 27.4 Å². The molecule has 0 aliphatic heterocycles. The predicted molar refractivity (Wildman–Crippen MR) is 83.3 cm³/mol. The van der Waals surface area contributed by atoms with Gasteiger partial charge in [0, 0.05) is 11.1 Å². The van der Waals surface area contributed by atoms with Crippen molar-refractivity contribution >= 4 is 39.1 Å². The van der Waals surface area contributed by atoms with E-state index < -0.39 is 0 Å². The molecular formula is C14H13ClN4S. The Labute approximate surface area is 125 Å². The van der Waals surface area contributed by atoms with Crippen molar-refractivity contribution in [2.75, 3.05) is 5.73 Å². The molecule has 2 heterocycles. The zero-order valence-electron chi connectivity index (χ0n) is 10.9. The summed E-state index contributed by atoms with van der Waals surface area (Å²) >= 11 is 7.57. The maximum absolute atomic E-state index is 6.08. The van der Waals surface area contributed by atoms with Crippen LogP contribution in [0.5, 0.6) is 0 Å². The fraction of sp³-hybridized carbons (Fsp3) is 0.286. The lowest BCUT2D eigenvalue weighted by Gasteiger charge is -2.06. The number of nitrogen functional groups attached to an aromatic ring is 1. The zero-order valence-corrected chi connectivity index (χ0v) is 12.5. The van der Waals surface area contributed by atoms with Gasteiger partial charge >= 0.3 is 0 Å². The summed E-state index contributed by atoms with van der Waals surface area (Å²) in [5.74, 6) is 0.969. The number of nitrogens with zero attached hydrogens (tertiary/aromatic N) is 3. The van der Waals surface area contributed by atoms with Crippen LogP contribution in [0.2, 0.25) is 5.02 Å². The molecule has 1 aliphatic rings. The van der Waals surface area contributed by atoms with E-state index in [4.69, 9.17) is 22.3 Å². The monoisotopic (exact) mass is 304 g/mol. The van der Waals surface area contributed by atoms with Crippen LogP contribution >= 0.6 is 22.9 Å². The number of aryl methyl sites for hydroxylation is 1. The molecule has 1 aromatic carbocycles. The van der Waals surface area contributed by atoms with E-state index in [1.165, 1.54) is 24.2 Å². The van der Waals surface area contributed by atoms with Crippen molar-refractivity contribution in [3.63, 3.8) is 0 Å². The van der Waals surface area contributed by atoms with E-state index in [9.17, 15) is 0 Å². The minimum Gasteiger partial charge on any atom is -0.375 e. The lowest BCUT2D eigenvalue weighted by molar-refractivity contribution is 0.776. The lowest BCUT2D eigenvalue weighted by atomic mass is 10.3. The molecule has 3 aromatic rings. The van der Waals surface area contributed by atoms with Crippen LogP contribution < -0.4 is 5.73 Å². The van der Waals surface area contributed by atoms with E-state index in [1.54, 1.807) is 0 Å². The van der Waals surface area contributed by atoms with Gasteiger partial charge in [-0.15, -0.1) is 0 Å². The summed E-state index contributed by atoms with van der Waals surface area (Å²) in [5.41, 5.74) is 8.84. The van der Waals surface area contributed by atoms with Crippen LogP contribution in [0.15, 0.2) is 18.2 Å². The van der Waals surface area contributed by atoms with Gasteiger partial charge in [0.05, 0.1) is 21.6 Å². The summed E-state index contributed by atoms with van der Waals surface area (Å²) < 4.78 is 2.31. The third kappa shape index (κ3) is 1.81. The number of halogens is 1. The van der Waals surface area contributed by atoms with E-state index in [1.807, 2.05) is 25.1 Å². The molecule has 2 aromatic heterocycles. The number of imidazole rings is 1. The minimum atomic E-state index is 0.541. The standard InChI is InChI=1S/C14H13ClN4S/c1-7-12(20-14(16)17-7)13-18-10-6-8(15)2-5-11(10)19(13)9-3-4-9/h2,5-6,9H,3-4H2,1H3,(H2,16,17). The average molecular weight is 305 g/mol. The summed E-state index contributed by atoms with van der Waals surface area (Å²) in [5, 5.41) is 1.30. The maximum atomic E-state index is 6.08. The fourth-order valence-electron chi connectivity index (χ4n) is 2.56. The number of rotatable bonds is 2. The van der Waals surface area contributed by atoms with Crippen LogP contribution in [0, 0.1) is 6.92 Å². The zero-order chi connectivity index (χ0) is 13.9. The van der Waals surface area contributed by atoms with E-state index >= 15 is 0 Å². The predicted octanol–water partition coefficient (Wildman–Crippen LogP) is 4.04. The molecule has 0 saturated heterocycles. The molecule has 0 atom stereocenters. The summed E-state index contributed by atoms with van der Waals surface area (Å²) in [7, 11) is 0. The second kappa shape index (κ2) is 4.20. The molecule has 6 heteroatoms. The number of anilines is 1. The van der Waals surface area contributed by atoms with Gasteiger partial charge in [0.1, 0.15) is 0 Å². The Morgan fingerprint density at radius 1 is 1.35 bits per heavy atom. The van der Waals surface area contributed by atoms with Crippen molar-refractivity contribution < 1.29 is 0 Å². The highest BCUT2D eigenvalue weighted by Gasteiger charge is 2.30. The molecule has 20 heavy (non-hydrogen) atoms. The maximum Gasteiger partial charge on any atom is 0.180 e. The van der Waals surface area contributed by atoms with Gasteiger partial charge < -0.3 is 10.3 Å². The fourth-order valence-corrected chi connectivity index (χ4v) is 3.55. The van der Waals surface area contributed by atoms with Crippen molar-refractivity contribution in [1.82, 2.24) is 14.5 Å².